The number of nitrogens with one attached hydrogen (secondary N) is 1. The highest BCUT2D eigenvalue weighted by Crippen LogP contribution is 2.26. The van der Waals surface area contributed by atoms with Crippen molar-refractivity contribution in [3.8, 4) is 5.69 Å². The van der Waals surface area contributed by atoms with Crippen LogP contribution in [0.3, 0.4) is 0 Å². The molecule has 3 heterocycles. The minimum Gasteiger partial charge on any atom is -0.388 e. The molecule has 1 N–H and O–H groups in total. The van der Waals surface area contributed by atoms with Gasteiger partial charge in [-0.15, -0.1) is 5.10 Å². The SMILES string of the molecule is CNc1ccc(F)c(-n2cc3cc(N4CC(F)C4)cnc3n2)c1. The Bertz CT molecular complexity index is 870. The minimum atomic E-state index is -0.771. The molecule has 1 aliphatic heterocycles. The van der Waals surface area contributed by atoms with Gasteiger partial charge in [-0.05, 0) is 24.3 Å². The van der Waals surface area contributed by atoms with Crippen LogP contribution in [0.5, 0.6) is 0 Å². The van der Waals surface area contributed by atoms with E-state index in [1.165, 1.54) is 10.7 Å². The van der Waals surface area contributed by atoms with Crippen LogP contribution in [0, 0.1) is 5.82 Å². The van der Waals surface area contributed by atoms with Crippen molar-refractivity contribution in [2.75, 3.05) is 30.4 Å². The molecule has 1 fully saturated rings. The summed E-state index contributed by atoms with van der Waals surface area (Å²) in [7, 11) is 1.77. The number of aromatic nitrogens is 3. The smallest absolute Gasteiger partial charge is 0.181 e. The molecule has 2 aromatic heterocycles. The highest BCUT2D eigenvalue weighted by Gasteiger charge is 2.26. The van der Waals surface area contributed by atoms with Crippen LogP contribution >= 0.6 is 0 Å². The summed E-state index contributed by atoms with van der Waals surface area (Å²) in [5.41, 5.74) is 2.53. The lowest BCUT2D eigenvalue weighted by atomic mass is 10.1. The van der Waals surface area contributed by atoms with Gasteiger partial charge < -0.3 is 10.2 Å². The lowest BCUT2D eigenvalue weighted by Crippen LogP contribution is -2.48. The largest absolute Gasteiger partial charge is 0.388 e. The molecule has 118 valence electrons. The van der Waals surface area contributed by atoms with E-state index in [1.807, 2.05) is 11.0 Å². The van der Waals surface area contributed by atoms with Gasteiger partial charge in [-0.3, -0.25) is 0 Å². The number of pyridine rings is 1. The van der Waals surface area contributed by atoms with Gasteiger partial charge in [0.05, 0.1) is 25.0 Å². The second-order valence-electron chi connectivity index (χ2n) is 5.60. The Morgan fingerprint density at radius 1 is 1.26 bits per heavy atom. The minimum absolute atomic E-state index is 0.351. The van der Waals surface area contributed by atoms with Crippen LogP contribution in [0.4, 0.5) is 20.2 Å². The lowest BCUT2D eigenvalue weighted by Gasteiger charge is -2.36. The van der Waals surface area contributed by atoms with Crippen LogP contribution in [0.15, 0.2) is 36.7 Å². The molecule has 1 saturated heterocycles. The Morgan fingerprint density at radius 2 is 2.09 bits per heavy atom. The van der Waals surface area contributed by atoms with Crippen LogP contribution < -0.4 is 10.2 Å². The zero-order chi connectivity index (χ0) is 16.0. The third-order valence-electron chi connectivity index (χ3n) is 4.03. The monoisotopic (exact) mass is 315 g/mol. The Morgan fingerprint density at radius 3 is 2.83 bits per heavy atom. The topological polar surface area (TPSA) is 46.0 Å². The molecule has 0 atom stereocenters. The molecule has 4 rings (SSSR count). The van der Waals surface area contributed by atoms with Gasteiger partial charge in [0.25, 0.3) is 0 Å². The van der Waals surface area contributed by atoms with E-state index in [0.717, 1.165) is 16.8 Å². The fourth-order valence-electron chi connectivity index (χ4n) is 2.68. The summed E-state index contributed by atoms with van der Waals surface area (Å²) in [4.78, 5) is 6.21. The van der Waals surface area contributed by atoms with E-state index in [-0.39, 0.29) is 5.82 Å². The number of hydrogen-bond acceptors (Lipinski definition) is 4. The first-order valence-corrected chi connectivity index (χ1v) is 7.36. The maximum absolute atomic E-state index is 14.1. The van der Waals surface area contributed by atoms with E-state index in [2.05, 4.69) is 15.4 Å². The van der Waals surface area contributed by atoms with Crippen molar-refractivity contribution in [2.24, 2.45) is 0 Å². The average molecular weight is 315 g/mol. The Balaban J connectivity index is 1.74. The molecule has 1 aromatic carbocycles. The predicted octanol–water partition coefficient (Wildman–Crippen LogP) is 2.76. The lowest BCUT2D eigenvalue weighted by molar-refractivity contribution is 0.275. The summed E-state index contributed by atoms with van der Waals surface area (Å²) >= 11 is 0. The van der Waals surface area contributed by atoms with Gasteiger partial charge in [-0.25, -0.2) is 18.4 Å². The number of hydrogen-bond donors (Lipinski definition) is 1. The van der Waals surface area contributed by atoms with Crippen LogP contribution in [-0.4, -0.2) is 41.1 Å². The summed E-state index contributed by atoms with van der Waals surface area (Å²) in [5.74, 6) is -0.361. The van der Waals surface area contributed by atoms with E-state index in [1.54, 1.807) is 31.6 Å². The zero-order valence-electron chi connectivity index (χ0n) is 12.5. The van der Waals surface area contributed by atoms with Gasteiger partial charge in [0.15, 0.2) is 5.65 Å². The summed E-state index contributed by atoms with van der Waals surface area (Å²) in [6, 6.07) is 6.65. The molecule has 7 heteroatoms. The van der Waals surface area contributed by atoms with E-state index in [4.69, 9.17) is 0 Å². The summed E-state index contributed by atoms with van der Waals surface area (Å²) in [6.45, 7) is 0.778. The maximum atomic E-state index is 14.1. The van der Waals surface area contributed by atoms with Crippen molar-refractivity contribution >= 4 is 22.4 Å². The molecule has 0 bridgehead atoms. The van der Waals surface area contributed by atoms with Crippen molar-refractivity contribution in [3.63, 3.8) is 0 Å². The quantitative estimate of drug-likeness (QED) is 0.807. The maximum Gasteiger partial charge on any atom is 0.181 e. The Kier molecular flexibility index (Phi) is 3.14. The molecule has 0 aliphatic carbocycles. The number of alkyl halides is 1. The highest BCUT2D eigenvalue weighted by atomic mass is 19.1. The number of anilines is 2. The molecule has 5 nitrogen and oxygen atoms in total. The number of halogens is 2. The van der Waals surface area contributed by atoms with Crippen LogP contribution in [0.1, 0.15) is 0 Å². The summed E-state index contributed by atoms with van der Waals surface area (Å²) in [6.07, 6.45) is 2.63. The first kappa shape index (κ1) is 13.9. The van der Waals surface area contributed by atoms with E-state index >= 15 is 0 Å². The number of nitrogens with zero attached hydrogens (tertiary/aromatic N) is 4. The van der Waals surface area contributed by atoms with E-state index in [0.29, 0.717) is 24.4 Å². The fourth-order valence-corrected chi connectivity index (χ4v) is 2.68. The van der Waals surface area contributed by atoms with Crippen LogP contribution in [-0.2, 0) is 0 Å². The first-order valence-electron chi connectivity index (χ1n) is 7.36. The van der Waals surface area contributed by atoms with Crippen LogP contribution in [0.2, 0.25) is 0 Å². The van der Waals surface area contributed by atoms with Crippen molar-refractivity contribution in [3.05, 3.63) is 42.5 Å². The van der Waals surface area contributed by atoms with E-state index in [9.17, 15) is 8.78 Å². The fraction of sp³-hybridized carbons (Fsp3) is 0.250. The van der Waals surface area contributed by atoms with Crippen molar-refractivity contribution in [1.82, 2.24) is 14.8 Å². The summed E-state index contributed by atoms with van der Waals surface area (Å²) in [5, 5.41) is 8.09. The normalized spacial score (nSPS) is 15.0. The molecule has 0 spiro atoms. The molecule has 3 aromatic rings. The summed E-state index contributed by atoms with van der Waals surface area (Å²) < 4.78 is 28.5. The van der Waals surface area contributed by atoms with Gasteiger partial charge in [0, 0.05) is 24.3 Å². The van der Waals surface area contributed by atoms with Crippen LogP contribution in [0.25, 0.3) is 16.7 Å². The first-order chi connectivity index (χ1) is 11.1. The molecular weight excluding hydrogens is 300 g/mol. The zero-order valence-corrected chi connectivity index (χ0v) is 12.5. The van der Waals surface area contributed by atoms with E-state index < -0.39 is 6.17 Å². The molecule has 0 unspecified atom stereocenters. The van der Waals surface area contributed by atoms with Crippen molar-refractivity contribution in [1.29, 1.82) is 0 Å². The molecule has 0 radical (unpaired) electrons. The second-order valence-corrected chi connectivity index (χ2v) is 5.60. The average Bonchev–Trinajstić information content (AvgIpc) is 2.95. The molecule has 23 heavy (non-hydrogen) atoms. The van der Waals surface area contributed by atoms with Gasteiger partial charge in [0.1, 0.15) is 17.7 Å². The van der Waals surface area contributed by atoms with Crippen molar-refractivity contribution < 1.29 is 8.78 Å². The molecule has 0 saturated carbocycles. The number of benzene rings is 1. The Labute approximate surface area is 131 Å². The highest BCUT2D eigenvalue weighted by molar-refractivity contribution is 5.79. The Hall–Kier alpha value is -2.70. The van der Waals surface area contributed by atoms with Gasteiger partial charge in [0.2, 0.25) is 0 Å². The van der Waals surface area contributed by atoms with Gasteiger partial charge >= 0.3 is 0 Å². The third kappa shape index (κ3) is 2.38. The van der Waals surface area contributed by atoms with Gasteiger partial charge in [-0.2, -0.15) is 0 Å². The number of fused-ring (bicyclic) bond motifs is 1. The standard InChI is InChI=1S/C16H15F2N5/c1-19-12-2-3-14(18)15(5-12)23-7-10-4-13(6-20-16(10)21-23)22-8-11(17)9-22/h2-7,11,19H,8-9H2,1H3. The van der Waals surface area contributed by atoms with Gasteiger partial charge in [-0.1, -0.05) is 0 Å². The molecule has 1 aliphatic rings. The molecular formula is C16H15F2N5. The predicted molar refractivity (Wildman–Crippen MR) is 85.5 cm³/mol. The second kappa shape index (κ2) is 5.19. The van der Waals surface area contributed by atoms with Crippen molar-refractivity contribution in [2.45, 2.75) is 6.17 Å². The third-order valence-corrected chi connectivity index (χ3v) is 4.03. The molecule has 0 amide bonds. The number of rotatable bonds is 3.